The van der Waals surface area contributed by atoms with Crippen LogP contribution >= 0.6 is 0 Å². The van der Waals surface area contributed by atoms with E-state index >= 15 is 0 Å². The molecule has 3 aromatic carbocycles. The Labute approximate surface area is 162 Å². The molecule has 3 aromatic rings. The van der Waals surface area contributed by atoms with Gasteiger partial charge in [-0.3, -0.25) is 0 Å². The average molecular weight is 380 g/mol. The molecule has 0 N–H and O–H groups in total. The van der Waals surface area contributed by atoms with Crippen LogP contribution in [0.5, 0.6) is 0 Å². The second kappa shape index (κ2) is 9.48. The van der Waals surface area contributed by atoms with Crippen molar-refractivity contribution in [2.24, 2.45) is 0 Å². The van der Waals surface area contributed by atoms with Crippen LogP contribution in [0.3, 0.4) is 0 Å². The van der Waals surface area contributed by atoms with Gasteiger partial charge in [-0.1, -0.05) is 66.7 Å². The molecule has 0 saturated carbocycles. The van der Waals surface area contributed by atoms with Gasteiger partial charge in [-0.25, -0.2) is 0 Å². The van der Waals surface area contributed by atoms with Crippen LogP contribution in [0.2, 0.25) is 0 Å². The highest BCUT2D eigenvalue weighted by Gasteiger charge is 2.40. The molecule has 0 aliphatic carbocycles. The van der Waals surface area contributed by atoms with Gasteiger partial charge < -0.3 is 18.2 Å². The Kier molecular flexibility index (Phi) is 6.78. The van der Waals surface area contributed by atoms with Gasteiger partial charge in [0.05, 0.1) is 0 Å². The fourth-order valence-electron chi connectivity index (χ4n) is 2.92. The Morgan fingerprint density at radius 2 is 1.11 bits per heavy atom. The quantitative estimate of drug-likeness (QED) is 0.394. The summed E-state index contributed by atoms with van der Waals surface area (Å²) in [7, 11) is 0.467. The number of nitrogens with zero attached hydrogens (tertiary/aromatic N) is 1. The number of rotatable bonds is 9. The first-order chi connectivity index (χ1) is 13.3. The van der Waals surface area contributed by atoms with E-state index in [2.05, 4.69) is 41.3 Å². The van der Waals surface area contributed by atoms with Gasteiger partial charge in [0.2, 0.25) is 0 Å². The van der Waals surface area contributed by atoms with Crippen molar-refractivity contribution < 1.29 is 13.3 Å². The van der Waals surface area contributed by atoms with Crippen molar-refractivity contribution >= 4 is 20.2 Å². The molecule has 4 nitrogen and oxygen atoms in total. The van der Waals surface area contributed by atoms with Crippen LogP contribution in [-0.2, 0) is 19.3 Å². The third-order valence-electron chi connectivity index (χ3n) is 4.43. The molecule has 5 heteroatoms. The van der Waals surface area contributed by atoms with E-state index in [1.54, 1.807) is 14.2 Å². The molecule has 0 spiro atoms. The summed E-state index contributed by atoms with van der Waals surface area (Å²) >= 11 is 0. The first-order valence-electron chi connectivity index (χ1n) is 8.92. The fourth-order valence-corrected chi connectivity index (χ4v) is 4.77. The molecule has 0 bridgehead atoms. The van der Waals surface area contributed by atoms with Crippen molar-refractivity contribution in [3.8, 4) is 0 Å². The minimum Gasteiger partial charge on any atom is -0.377 e. The molecule has 0 aromatic heterocycles. The minimum atomic E-state index is -2.85. The molecule has 0 aliphatic heterocycles. The molecule has 27 heavy (non-hydrogen) atoms. The molecule has 0 amide bonds. The van der Waals surface area contributed by atoms with Gasteiger partial charge in [-0.2, -0.15) is 0 Å². The van der Waals surface area contributed by atoms with E-state index in [-0.39, 0.29) is 0 Å². The summed E-state index contributed by atoms with van der Waals surface area (Å²) in [6.07, 6.45) is 0. The van der Waals surface area contributed by atoms with Gasteiger partial charge in [0.15, 0.2) is 0 Å². The van der Waals surface area contributed by atoms with Crippen LogP contribution in [0.4, 0.5) is 11.4 Å². The maximum absolute atomic E-state index is 6.32. The summed E-state index contributed by atoms with van der Waals surface area (Å²) < 4.78 is 17.9. The number of hydrogen-bond donors (Lipinski definition) is 0. The zero-order valence-electron chi connectivity index (χ0n) is 15.7. The van der Waals surface area contributed by atoms with E-state index in [1.807, 2.05) is 54.6 Å². The summed E-state index contributed by atoms with van der Waals surface area (Å²) in [4.78, 5) is 2.12. The maximum Gasteiger partial charge on any atom is 0.506 e. The van der Waals surface area contributed by atoms with Crippen molar-refractivity contribution in [1.29, 1.82) is 0 Å². The molecule has 0 unspecified atom stereocenters. The van der Waals surface area contributed by atoms with E-state index < -0.39 is 8.80 Å². The lowest BCUT2D eigenvalue weighted by molar-refractivity contribution is 0.0999. The molecule has 0 aliphatic rings. The summed E-state index contributed by atoms with van der Waals surface area (Å²) in [5, 5.41) is 0. The molecular weight excluding hydrogens is 354 g/mol. The highest BCUT2D eigenvalue weighted by molar-refractivity contribution is 6.60. The molecular formula is C22H25NO3Si. The molecule has 140 valence electrons. The first-order valence-corrected chi connectivity index (χ1v) is 10.9. The lowest BCUT2D eigenvalue weighted by atomic mass is 10.2. The number of benzene rings is 3. The van der Waals surface area contributed by atoms with Crippen LogP contribution in [0, 0.1) is 0 Å². The van der Waals surface area contributed by atoms with Crippen molar-refractivity contribution in [2.45, 2.75) is 6.04 Å². The first kappa shape index (κ1) is 19.3. The topological polar surface area (TPSA) is 30.9 Å². The standard InChI is InChI=1S/C22H25NO3Si/c1-24-27(25-2,18-20-12-6-3-7-13-20)26-19-23(21-14-8-4-9-15-21)22-16-10-5-11-17-22/h3-17H,18-19H2,1-2H3. The maximum atomic E-state index is 6.32. The third-order valence-corrected chi connectivity index (χ3v) is 7.09. The van der Waals surface area contributed by atoms with Gasteiger partial charge >= 0.3 is 8.80 Å². The lowest BCUT2D eigenvalue weighted by Crippen LogP contribution is -2.48. The summed E-state index contributed by atoms with van der Waals surface area (Å²) in [5.41, 5.74) is 3.25. The van der Waals surface area contributed by atoms with Crippen LogP contribution in [0.25, 0.3) is 0 Å². The summed E-state index contributed by atoms with van der Waals surface area (Å²) in [5.74, 6) is 0. The summed E-state index contributed by atoms with van der Waals surface area (Å²) in [6, 6.07) is 31.1. The molecule has 0 radical (unpaired) electrons. The van der Waals surface area contributed by atoms with Crippen LogP contribution in [0.1, 0.15) is 5.56 Å². The molecule has 0 heterocycles. The zero-order chi connectivity index (χ0) is 19.0. The van der Waals surface area contributed by atoms with E-state index in [1.165, 1.54) is 0 Å². The average Bonchev–Trinajstić information content (AvgIpc) is 2.75. The van der Waals surface area contributed by atoms with E-state index in [0.29, 0.717) is 12.8 Å². The number of para-hydroxylation sites is 2. The van der Waals surface area contributed by atoms with Crippen molar-refractivity contribution in [1.82, 2.24) is 0 Å². The normalized spacial score (nSPS) is 11.3. The second-order valence-corrected chi connectivity index (χ2v) is 8.95. The number of hydrogen-bond acceptors (Lipinski definition) is 4. The van der Waals surface area contributed by atoms with Crippen molar-refractivity contribution in [3.05, 3.63) is 96.6 Å². The van der Waals surface area contributed by atoms with Gasteiger partial charge in [0, 0.05) is 31.6 Å². The highest BCUT2D eigenvalue weighted by Crippen LogP contribution is 2.26. The molecule has 3 rings (SSSR count). The zero-order valence-corrected chi connectivity index (χ0v) is 16.7. The monoisotopic (exact) mass is 379 g/mol. The van der Waals surface area contributed by atoms with Crippen molar-refractivity contribution in [3.63, 3.8) is 0 Å². The van der Waals surface area contributed by atoms with Crippen molar-refractivity contribution in [2.75, 3.05) is 25.9 Å². The van der Waals surface area contributed by atoms with E-state index in [4.69, 9.17) is 13.3 Å². The van der Waals surface area contributed by atoms with E-state index in [0.717, 1.165) is 16.9 Å². The second-order valence-electron chi connectivity index (χ2n) is 6.13. The SMILES string of the molecule is CO[Si](Cc1ccccc1)(OC)OCN(c1ccccc1)c1ccccc1. The lowest BCUT2D eigenvalue weighted by Gasteiger charge is -2.31. The molecule has 0 saturated heterocycles. The highest BCUT2D eigenvalue weighted by atomic mass is 28.4. The minimum absolute atomic E-state index is 0.342. The Hall–Kier alpha value is -2.44. The van der Waals surface area contributed by atoms with Gasteiger partial charge in [0.1, 0.15) is 6.73 Å². The third kappa shape index (κ3) is 5.05. The Balaban J connectivity index is 1.82. The van der Waals surface area contributed by atoms with Crippen LogP contribution in [0.15, 0.2) is 91.0 Å². The molecule has 0 fully saturated rings. The van der Waals surface area contributed by atoms with Crippen LogP contribution < -0.4 is 4.90 Å². The Bertz CT molecular complexity index is 756. The predicted molar refractivity (Wildman–Crippen MR) is 111 cm³/mol. The molecule has 0 atom stereocenters. The predicted octanol–water partition coefficient (Wildman–Crippen LogP) is 4.81. The van der Waals surface area contributed by atoms with Gasteiger partial charge in [-0.15, -0.1) is 0 Å². The van der Waals surface area contributed by atoms with Gasteiger partial charge in [0.25, 0.3) is 0 Å². The number of anilines is 2. The largest absolute Gasteiger partial charge is 0.506 e. The summed E-state index contributed by atoms with van der Waals surface area (Å²) in [6.45, 7) is 0.342. The smallest absolute Gasteiger partial charge is 0.377 e. The van der Waals surface area contributed by atoms with Gasteiger partial charge in [-0.05, 0) is 29.8 Å². The van der Waals surface area contributed by atoms with E-state index in [9.17, 15) is 0 Å². The Morgan fingerprint density at radius 1 is 0.667 bits per heavy atom. The van der Waals surface area contributed by atoms with Crippen LogP contribution in [-0.4, -0.2) is 29.8 Å². The fraction of sp³-hybridized carbons (Fsp3) is 0.182. The Morgan fingerprint density at radius 3 is 1.56 bits per heavy atom.